The van der Waals surface area contributed by atoms with Gasteiger partial charge in [-0.25, -0.2) is 0 Å². The molecule has 0 aliphatic heterocycles. The number of H-pyrrole nitrogens is 1. The number of aromatic nitrogens is 1. The molecule has 0 saturated carbocycles. The Hall–Kier alpha value is -1.92. The Morgan fingerprint density at radius 2 is 2.00 bits per heavy atom. The van der Waals surface area contributed by atoms with Gasteiger partial charge in [-0.05, 0) is 40.5 Å². The van der Waals surface area contributed by atoms with Crippen LogP contribution in [0, 0.1) is 0 Å². The normalized spacial score (nSPS) is 10.5. The summed E-state index contributed by atoms with van der Waals surface area (Å²) in [6, 6.07) is 11.3. The van der Waals surface area contributed by atoms with E-state index in [4.69, 9.17) is 5.73 Å². The molecule has 22 heavy (non-hydrogen) atoms. The van der Waals surface area contributed by atoms with Crippen molar-refractivity contribution in [2.24, 2.45) is 5.73 Å². The number of nitrogens with two attached hydrogens (primary N) is 1. The van der Waals surface area contributed by atoms with Gasteiger partial charge in [0.15, 0.2) is 0 Å². The van der Waals surface area contributed by atoms with Crippen molar-refractivity contribution in [1.29, 1.82) is 0 Å². The van der Waals surface area contributed by atoms with Gasteiger partial charge in [0.05, 0.1) is 10.0 Å². The number of rotatable bonds is 6. The van der Waals surface area contributed by atoms with Crippen LogP contribution in [0.25, 0.3) is 0 Å². The highest BCUT2D eigenvalue weighted by Crippen LogP contribution is 2.12. The van der Waals surface area contributed by atoms with Crippen LogP contribution in [0.3, 0.4) is 0 Å². The van der Waals surface area contributed by atoms with Crippen LogP contribution < -0.4 is 11.3 Å². The molecule has 1 aromatic carbocycles. The number of hydrogen-bond donors (Lipinski definition) is 2. The molecular weight excluding hydrogens is 346 g/mol. The lowest BCUT2D eigenvalue weighted by atomic mass is 10.1. The number of hydrogen-bond acceptors (Lipinski definition) is 3. The molecule has 0 bridgehead atoms. The van der Waals surface area contributed by atoms with Crippen LogP contribution in [0.2, 0.25) is 0 Å². The number of pyridine rings is 1. The summed E-state index contributed by atoms with van der Waals surface area (Å²) in [6.45, 7) is 1.60. The maximum absolute atomic E-state index is 12.7. The third-order valence-electron chi connectivity index (χ3n) is 3.24. The summed E-state index contributed by atoms with van der Waals surface area (Å²) < 4.78 is 0.344. The minimum absolute atomic E-state index is 0.130. The van der Waals surface area contributed by atoms with Gasteiger partial charge in [-0.15, -0.1) is 0 Å². The van der Waals surface area contributed by atoms with E-state index in [2.05, 4.69) is 20.9 Å². The lowest BCUT2D eigenvalue weighted by Gasteiger charge is -2.22. The third-order valence-corrected chi connectivity index (χ3v) is 3.83. The average molecular weight is 364 g/mol. The maximum Gasteiger partial charge on any atom is 0.262 e. The number of carbonyl (C=O) groups is 1. The number of carbonyl (C=O) groups excluding carboxylic acids is 1. The van der Waals surface area contributed by atoms with E-state index >= 15 is 0 Å². The molecule has 5 nitrogen and oxygen atoms in total. The Labute approximate surface area is 137 Å². The van der Waals surface area contributed by atoms with Gasteiger partial charge < -0.3 is 15.6 Å². The highest BCUT2D eigenvalue weighted by atomic mass is 79.9. The molecular formula is C16H18BrN3O2. The fourth-order valence-corrected chi connectivity index (χ4v) is 2.46. The number of nitrogens with zero attached hydrogens (tertiary/aromatic N) is 1. The Balaban J connectivity index is 2.21. The van der Waals surface area contributed by atoms with E-state index in [-0.39, 0.29) is 11.5 Å². The molecule has 0 saturated heterocycles. The first-order valence-electron chi connectivity index (χ1n) is 7.03. The zero-order chi connectivity index (χ0) is 15.9. The van der Waals surface area contributed by atoms with Crippen molar-refractivity contribution in [2.75, 3.05) is 13.1 Å². The van der Waals surface area contributed by atoms with Gasteiger partial charge in [0, 0.05) is 19.3 Å². The van der Waals surface area contributed by atoms with Crippen molar-refractivity contribution in [3.8, 4) is 0 Å². The zero-order valence-corrected chi connectivity index (χ0v) is 13.7. The van der Waals surface area contributed by atoms with Crippen LogP contribution >= 0.6 is 15.9 Å². The molecule has 0 radical (unpaired) electrons. The molecule has 0 atom stereocenters. The molecule has 0 unspecified atom stereocenters. The summed E-state index contributed by atoms with van der Waals surface area (Å²) in [5.74, 6) is -0.130. The van der Waals surface area contributed by atoms with Gasteiger partial charge in [-0.2, -0.15) is 0 Å². The predicted molar refractivity (Wildman–Crippen MR) is 89.6 cm³/mol. The van der Waals surface area contributed by atoms with Crippen molar-refractivity contribution >= 4 is 21.8 Å². The van der Waals surface area contributed by atoms with Crippen LogP contribution in [0.1, 0.15) is 22.3 Å². The Bertz CT molecular complexity index is 685. The lowest BCUT2D eigenvalue weighted by Crippen LogP contribution is -2.33. The summed E-state index contributed by atoms with van der Waals surface area (Å²) in [7, 11) is 0. The van der Waals surface area contributed by atoms with E-state index in [1.54, 1.807) is 11.0 Å². The van der Waals surface area contributed by atoms with Crippen LogP contribution in [0.5, 0.6) is 0 Å². The SMILES string of the molecule is NCCCN(Cc1ccccc1)C(=O)c1c[nH]c(=O)c(Br)c1. The zero-order valence-electron chi connectivity index (χ0n) is 12.1. The summed E-state index contributed by atoms with van der Waals surface area (Å²) in [5.41, 5.74) is 6.80. The van der Waals surface area contributed by atoms with Gasteiger partial charge in [-0.1, -0.05) is 30.3 Å². The number of halogens is 1. The first-order chi connectivity index (χ1) is 10.6. The van der Waals surface area contributed by atoms with E-state index in [9.17, 15) is 9.59 Å². The molecule has 1 heterocycles. The van der Waals surface area contributed by atoms with Crippen molar-refractivity contribution in [2.45, 2.75) is 13.0 Å². The van der Waals surface area contributed by atoms with Crippen LogP contribution in [0.4, 0.5) is 0 Å². The standard InChI is InChI=1S/C16H18BrN3O2/c17-14-9-13(10-19-15(14)21)16(22)20(8-4-7-18)11-12-5-2-1-3-6-12/h1-3,5-6,9-10H,4,7-8,11,18H2,(H,19,21). The Kier molecular flexibility index (Phi) is 5.91. The fraction of sp³-hybridized carbons (Fsp3) is 0.250. The molecule has 0 fully saturated rings. The molecule has 1 aromatic heterocycles. The topological polar surface area (TPSA) is 79.2 Å². The molecule has 3 N–H and O–H groups in total. The molecule has 0 aliphatic rings. The van der Waals surface area contributed by atoms with Gasteiger partial charge >= 0.3 is 0 Å². The maximum atomic E-state index is 12.7. The van der Waals surface area contributed by atoms with E-state index in [1.807, 2.05) is 30.3 Å². The Morgan fingerprint density at radius 3 is 2.64 bits per heavy atom. The number of nitrogens with one attached hydrogen (secondary N) is 1. The van der Waals surface area contributed by atoms with Crippen LogP contribution in [-0.2, 0) is 6.54 Å². The molecule has 0 aliphatic carbocycles. The summed E-state index contributed by atoms with van der Waals surface area (Å²) in [4.78, 5) is 28.3. The number of benzene rings is 1. The highest BCUT2D eigenvalue weighted by Gasteiger charge is 2.16. The van der Waals surface area contributed by atoms with Crippen molar-refractivity contribution in [1.82, 2.24) is 9.88 Å². The largest absolute Gasteiger partial charge is 0.334 e. The first-order valence-corrected chi connectivity index (χ1v) is 7.82. The summed E-state index contributed by atoms with van der Waals surface area (Å²) in [6.07, 6.45) is 2.17. The van der Waals surface area contributed by atoms with Crippen LogP contribution in [0.15, 0.2) is 51.9 Å². The van der Waals surface area contributed by atoms with E-state index in [1.165, 1.54) is 6.20 Å². The van der Waals surface area contributed by atoms with Crippen molar-refractivity contribution in [3.63, 3.8) is 0 Å². The van der Waals surface area contributed by atoms with Crippen molar-refractivity contribution < 1.29 is 4.79 Å². The second kappa shape index (κ2) is 7.91. The molecule has 2 aromatic rings. The quantitative estimate of drug-likeness (QED) is 0.824. The summed E-state index contributed by atoms with van der Waals surface area (Å²) in [5, 5.41) is 0. The monoisotopic (exact) mass is 363 g/mol. The van der Waals surface area contributed by atoms with Gasteiger partial charge in [0.2, 0.25) is 0 Å². The van der Waals surface area contributed by atoms with Crippen LogP contribution in [-0.4, -0.2) is 28.9 Å². The average Bonchev–Trinajstić information content (AvgIpc) is 2.54. The first kappa shape index (κ1) is 16.5. The van der Waals surface area contributed by atoms with Gasteiger partial charge in [-0.3, -0.25) is 9.59 Å². The molecule has 6 heteroatoms. The lowest BCUT2D eigenvalue weighted by molar-refractivity contribution is 0.0741. The van der Waals surface area contributed by atoms with E-state index < -0.39 is 0 Å². The minimum atomic E-state index is -0.256. The predicted octanol–water partition coefficient (Wildman–Crippen LogP) is 2.13. The minimum Gasteiger partial charge on any atom is -0.334 e. The molecule has 1 amide bonds. The van der Waals surface area contributed by atoms with Gasteiger partial charge in [0.25, 0.3) is 11.5 Å². The van der Waals surface area contributed by atoms with E-state index in [0.717, 1.165) is 12.0 Å². The second-order valence-corrected chi connectivity index (χ2v) is 5.77. The molecule has 2 rings (SSSR count). The Morgan fingerprint density at radius 1 is 1.27 bits per heavy atom. The second-order valence-electron chi connectivity index (χ2n) is 4.92. The highest BCUT2D eigenvalue weighted by molar-refractivity contribution is 9.10. The fourth-order valence-electron chi connectivity index (χ4n) is 2.10. The number of aromatic amines is 1. The number of amides is 1. The van der Waals surface area contributed by atoms with Crippen molar-refractivity contribution in [3.05, 3.63) is 68.5 Å². The van der Waals surface area contributed by atoms with Gasteiger partial charge in [0.1, 0.15) is 0 Å². The molecule has 116 valence electrons. The molecule has 0 spiro atoms. The van der Waals surface area contributed by atoms with E-state index in [0.29, 0.717) is 29.7 Å². The summed E-state index contributed by atoms with van der Waals surface area (Å²) >= 11 is 3.15. The third kappa shape index (κ3) is 4.29. The smallest absolute Gasteiger partial charge is 0.262 e.